The van der Waals surface area contributed by atoms with Gasteiger partial charge in [-0.1, -0.05) is 41.5 Å². The number of benzene rings is 2. The van der Waals surface area contributed by atoms with Crippen LogP contribution in [0.2, 0.25) is 0 Å². The molecule has 10 rings (SSSR count). The number of ether oxygens (including phenoxy) is 3. The van der Waals surface area contributed by atoms with Gasteiger partial charge in [-0.05, 0) is 129 Å². The fraction of sp³-hybridized carbons (Fsp3) is 0.644. The third-order valence-electron chi connectivity index (χ3n) is 17.4. The zero-order valence-corrected chi connectivity index (χ0v) is 57.1. The smallest absolute Gasteiger partial charge is 0.408 e. The average molecular weight is 1410 g/mol. The number of nitrogens with one attached hydrogen (secondary N) is 5. The van der Waals surface area contributed by atoms with E-state index in [0.717, 1.165) is 0 Å². The molecular weight excluding hydrogens is 1330 g/mol. The number of carbonyl (C=O) groups is 7. The monoisotopic (exact) mass is 1410 g/mol. The van der Waals surface area contributed by atoms with Crippen molar-refractivity contribution in [1.82, 2.24) is 75.6 Å². The quantitative estimate of drug-likeness (QED) is 0.0652. The second-order valence-electron chi connectivity index (χ2n) is 28.0. The number of amides is 7. The van der Waals surface area contributed by atoms with Crippen molar-refractivity contribution in [1.29, 1.82) is 0 Å². The maximum Gasteiger partial charge on any atom is 0.408 e. The molecule has 2 aromatic carbocycles. The van der Waals surface area contributed by atoms with E-state index in [1.54, 1.807) is 111 Å². The van der Waals surface area contributed by atoms with Crippen molar-refractivity contribution in [2.24, 2.45) is 28.4 Å². The minimum absolute atomic E-state index is 0. The summed E-state index contributed by atoms with van der Waals surface area (Å²) in [6.07, 6.45) is -6.70. The topological polar surface area (TPSA) is 395 Å². The van der Waals surface area contributed by atoms with Crippen LogP contribution in [0, 0.1) is 22.7 Å². The molecule has 528 valence electrons. The van der Waals surface area contributed by atoms with Crippen molar-refractivity contribution in [3.05, 3.63) is 48.5 Å². The summed E-state index contributed by atoms with van der Waals surface area (Å²) in [5, 5.41) is 31.2. The van der Waals surface area contributed by atoms with Gasteiger partial charge >= 0.3 is 6.09 Å². The predicted molar refractivity (Wildman–Crippen MR) is 335 cm³/mol. The Kier molecular flexibility index (Phi) is 21.2. The molecule has 0 bridgehead atoms. The second-order valence-corrected chi connectivity index (χ2v) is 31.9. The van der Waals surface area contributed by atoms with E-state index < -0.39 is 173 Å². The lowest BCUT2D eigenvalue weighted by atomic mass is 9.85. The highest BCUT2D eigenvalue weighted by molar-refractivity contribution is 7.91. The van der Waals surface area contributed by atoms with Gasteiger partial charge in [-0.2, -0.15) is 9.59 Å². The molecule has 2 aromatic heterocycles. The summed E-state index contributed by atoms with van der Waals surface area (Å²) < 4.78 is 125. The van der Waals surface area contributed by atoms with Gasteiger partial charge in [0.1, 0.15) is 46.3 Å². The number of nitrogens with zero attached hydrogens (tertiary/aromatic N) is 10. The molecule has 7 N–H and O–H groups in total. The molecular formula is C59H81ClF4N16O14S2. The zero-order valence-electron chi connectivity index (χ0n) is 54.6. The Labute approximate surface area is 557 Å². The molecule has 37 heteroatoms. The molecule has 4 saturated carbocycles. The summed E-state index contributed by atoms with van der Waals surface area (Å²) in [6.45, 7) is 15.1. The third kappa shape index (κ3) is 16.4. The molecule has 4 aliphatic carbocycles. The number of alkyl carbamates (subject to hydrolysis) is 1. The highest BCUT2D eigenvalue weighted by Crippen LogP contribution is 2.50. The summed E-state index contributed by atoms with van der Waals surface area (Å²) in [6, 6.07) is 7.56. The average Bonchev–Trinajstić information content (AvgIpc) is 1.57. The van der Waals surface area contributed by atoms with Crippen LogP contribution in [-0.4, -0.2) is 200 Å². The van der Waals surface area contributed by atoms with E-state index >= 15 is 0 Å². The molecule has 4 aromatic rings. The van der Waals surface area contributed by atoms with Gasteiger partial charge in [0.25, 0.3) is 11.8 Å². The van der Waals surface area contributed by atoms with Crippen LogP contribution in [0.15, 0.2) is 48.5 Å². The van der Waals surface area contributed by atoms with Crippen molar-refractivity contribution in [3.8, 4) is 34.3 Å². The van der Waals surface area contributed by atoms with Crippen LogP contribution >= 0.6 is 12.4 Å². The Morgan fingerprint density at radius 1 is 0.594 bits per heavy atom. The lowest BCUT2D eigenvalue weighted by molar-refractivity contribution is -0.143. The first-order valence-electron chi connectivity index (χ1n) is 30.8. The van der Waals surface area contributed by atoms with E-state index in [-0.39, 0.29) is 50.0 Å². The second kappa shape index (κ2) is 27.6. The van der Waals surface area contributed by atoms with Crippen LogP contribution in [0.4, 0.5) is 22.4 Å². The minimum atomic E-state index is -4.13. The normalized spacial score (nSPS) is 24.7. The highest BCUT2D eigenvalue weighted by Gasteiger charge is 2.68. The first-order valence-corrected chi connectivity index (χ1v) is 33.9. The Morgan fingerprint density at radius 2 is 0.969 bits per heavy atom. The molecule has 96 heavy (non-hydrogen) atoms. The number of aromatic nitrogens is 8. The van der Waals surface area contributed by atoms with Gasteiger partial charge in [0.2, 0.25) is 68.2 Å². The van der Waals surface area contributed by atoms with Gasteiger partial charge in [0.15, 0.2) is 0 Å². The number of hydrogen-bond donors (Lipinski definition) is 6. The van der Waals surface area contributed by atoms with Crippen LogP contribution in [0.1, 0.15) is 126 Å². The van der Waals surface area contributed by atoms with E-state index in [1.807, 2.05) is 9.44 Å². The molecule has 0 spiro atoms. The number of sulfonamides is 2. The summed E-state index contributed by atoms with van der Waals surface area (Å²) in [7, 11) is -5.13. The zero-order chi connectivity index (χ0) is 69.9. The number of hydrogen-bond acceptors (Lipinski definition) is 21. The van der Waals surface area contributed by atoms with E-state index in [4.69, 9.17) is 19.9 Å². The number of carbonyl (C=O) groups excluding carboxylic acids is 7. The van der Waals surface area contributed by atoms with Crippen LogP contribution in [0.5, 0.6) is 11.5 Å². The largest absolute Gasteiger partial charge is 0.497 e. The summed E-state index contributed by atoms with van der Waals surface area (Å²) in [5.74, 6) is -7.06. The molecule has 2 aliphatic heterocycles. The molecule has 10 atom stereocenters. The van der Waals surface area contributed by atoms with E-state index in [1.165, 1.54) is 33.6 Å². The van der Waals surface area contributed by atoms with E-state index in [0.29, 0.717) is 48.3 Å². The number of tetrazole rings is 2. The first kappa shape index (κ1) is 73.9. The van der Waals surface area contributed by atoms with Gasteiger partial charge in [-0.25, -0.2) is 39.2 Å². The van der Waals surface area contributed by atoms with Crippen molar-refractivity contribution < 1.29 is 82.2 Å². The molecule has 6 fully saturated rings. The molecule has 0 unspecified atom stereocenters. The number of nitrogens with two attached hydrogens (primary N) is 1. The number of halogens is 5. The highest BCUT2D eigenvalue weighted by atomic mass is 35.5. The Hall–Kier alpha value is -7.86. The van der Waals surface area contributed by atoms with Crippen LogP contribution in [-0.2, 0) is 53.6 Å². The lowest BCUT2D eigenvalue weighted by Crippen LogP contribution is -2.60. The molecule has 7 amide bonds. The van der Waals surface area contributed by atoms with Gasteiger partial charge < -0.3 is 45.7 Å². The van der Waals surface area contributed by atoms with Gasteiger partial charge in [-0.3, -0.25) is 38.2 Å². The third-order valence-corrected chi connectivity index (χ3v) is 21.1. The standard InChI is InChI=1S/C32H44F2N8O8S.C27H36F2N8O6S.ClH/c1-30(2,3)23(35-29(46)50-31(4,5)6)27(44)41-16-18(42-38-25(37-40-42)17-8-10-19(49-7)11-9-17)14-22(41)26(43)36-32(15-21(32)24(33)34)28(45)39-51(47,48)20-12-13-20;1-26(2,3)20(30)24(39)36-13-15(37-33-22(32-35-37)14-5-7-16(43-4)8-6-14)11-19(36)23(38)31-27(12-18(27)21(28)29)25(40)34-44(41,42)17-9-10-17;/h8-11,18,20-24H,12-16H2,1-7H3,(H,35,46)(H,36,43)(H,39,45);5-8,15,17-21H,9-13,30H2,1-4H3,(H,31,38)(H,34,40);1H/t18-,21+,22+,23-,32-;15-,18+,19+,20-,27-;/m11./s1. The van der Waals surface area contributed by atoms with Gasteiger partial charge in [0, 0.05) is 37.1 Å². The number of alkyl halides is 4. The van der Waals surface area contributed by atoms with Crippen LogP contribution < -0.4 is 40.6 Å². The predicted octanol–water partition coefficient (Wildman–Crippen LogP) is 3.21. The number of likely N-dealkylation sites (tertiary alicyclic amines) is 2. The SMILES string of the molecule is COc1ccc(-c2nnn([C@@H]3C[C@@H](C(=O)N[C@]4(C(=O)NS(=O)(=O)C5CC5)C[C@H]4C(F)F)N(C(=O)[C@@H](N)C(C)(C)C)C3)n2)cc1.COc1ccc(-c2nnn([C@@H]3C[C@@H](C(=O)N[C@]4(C(=O)NS(=O)(=O)C5CC5)C[C@H]4C(F)F)N(C(=O)[C@@H](NC(=O)OC(C)(C)C)C(C)(C)C)C3)n2)cc1.Cl. The van der Waals surface area contributed by atoms with E-state index in [9.17, 15) is 68.0 Å². The first-order chi connectivity index (χ1) is 44.2. The summed E-state index contributed by atoms with van der Waals surface area (Å²) >= 11 is 0. The fourth-order valence-corrected chi connectivity index (χ4v) is 14.0. The Balaban J connectivity index is 0.000000246. The van der Waals surface area contributed by atoms with Gasteiger partial charge in [-0.15, -0.1) is 32.8 Å². The van der Waals surface area contributed by atoms with Gasteiger partial charge in [0.05, 0.1) is 54.7 Å². The molecule has 0 radical (unpaired) electrons. The Bertz CT molecular complexity index is 3810. The number of rotatable bonds is 21. The van der Waals surface area contributed by atoms with Crippen LogP contribution in [0.25, 0.3) is 22.8 Å². The van der Waals surface area contributed by atoms with Crippen LogP contribution in [0.3, 0.4) is 0 Å². The number of methoxy groups -OCH3 is 2. The lowest BCUT2D eigenvalue weighted by Gasteiger charge is -2.36. The summed E-state index contributed by atoms with van der Waals surface area (Å²) in [4.78, 5) is 99.9. The van der Waals surface area contributed by atoms with E-state index in [2.05, 4.69) is 46.8 Å². The molecule has 30 nitrogen and oxygen atoms in total. The molecule has 6 aliphatic rings. The molecule has 4 heterocycles. The van der Waals surface area contributed by atoms with Crippen molar-refractivity contribution in [3.63, 3.8) is 0 Å². The fourth-order valence-electron chi connectivity index (χ4n) is 11.3. The molecule has 2 saturated heterocycles. The van der Waals surface area contributed by atoms with Crippen molar-refractivity contribution >= 4 is 74.0 Å². The maximum atomic E-state index is 14.3. The maximum absolute atomic E-state index is 14.3. The Morgan fingerprint density at radius 3 is 1.28 bits per heavy atom. The summed E-state index contributed by atoms with van der Waals surface area (Å²) in [5.41, 5.74) is 0.689. The van der Waals surface area contributed by atoms with Crippen molar-refractivity contribution in [2.45, 2.75) is 190 Å². The minimum Gasteiger partial charge on any atom is -0.497 e. The van der Waals surface area contributed by atoms with Crippen molar-refractivity contribution in [2.75, 3.05) is 27.3 Å².